The number of hydrogen-bond acceptors (Lipinski definition) is 4. The van der Waals surface area contributed by atoms with Gasteiger partial charge in [-0.15, -0.1) is 0 Å². The van der Waals surface area contributed by atoms with Crippen LogP contribution < -0.4 is 0 Å². The van der Waals surface area contributed by atoms with Gasteiger partial charge in [-0.05, 0) is 40.8 Å². The second-order valence-corrected chi connectivity index (χ2v) is 14.0. The van der Waals surface area contributed by atoms with E-state index >= 15 is 0 Å². The number of benzene rings is 7. The van der Waals surface area contributed by atoms with Gasteiger partial charge in [-0.25, -0.2) is 14.5 Å². The highest BCUT2D eigenvalue weighted by Gasteiger charge is 2.22. The first kappa shape index (κ1) is 31.9. The van der Waals surface area contributed by atoms with E-state index in [2.05, 4.69) is 150 Å². The van der Waals surface area contributed by atoms with Gasteiger partial charge in [-0.3, -0.25) is 0 Å². The molecule has 262 valence electrons. The van der Waals surface area contributed by atoms with E-state index in [4.69, 9.17) is 19.5 Å². The van der Waals surface area contributed by atoms with Crippen molar-refractivity contribution in [1.82, 2.24) is 19.6 Å². The quantitative estimate of drug-likeness (QED) is 0.172. The molecule has 0 saturated carbocycles. The maximum Gasteiger partial charge on any atom is 0.160 e. The predicted molar refractivity (Wildman–Crippen MR) is 228 cm³/mol. The lowest BCUT2D eigenvalue weighted by molar-refractivity contribution is 0.669. The Morgan fingerprint density at radius 3 is 1.79 bits per heavy atom. The average molecular weight is 717 g/mol. The van der Waals surface area contributed by atoms with Gasteiger partial charge in [-0.1, -0.05) is 164 Å². The van der Waals surface area contributed by atoms with Crippen molar-refractivity contribution in [1.29, 1.82) is 0 Å². The summed E-state index contributed by atoms with van der Waals surface area (Å²) in [6, 6.07) is 65.2. The second kappa shape index (κ2) is 13.0. The normalized spacial score (nSPS) is 11.6. The van der Waals surface area contributed by atoms with Gasteiger partial charge in [0.05, 0.1) is 28.8 Å². The van der Waals surface area contributed by atoms with Crippen molar-refractivity contribution < 1.29 is 4.42 Å². The maximum atomic E-state index is 6.30. The molecule has 0 amide bonds. The number of para-hydroxylation sites is 1. The number of nitrogens with zero attached hydrogens (tertiary/aromatic N) is 4. The molecular weight excluding hydrogens is 685 g/mol. The molecule has 11 rings (SSSR count). The van der Waals surface area contributed by atoms with Crippen molar-refractivity contribution in [2.75, 3.05) is 0 Å². The summed E-state index contributed by atoms with van der Waals surface area (Å²) in [5.41, 5.74) is 13.9. The van der Waals surface area contributed by atoms with Crippen LogP contribution in [-0.2, 0) is 0 Å². The third kappa shape index (κ3) is 5.21. The summed E-state index contributed by atoms with van der Waals surface area (Å²) in [7, 11) is 0. The number of hydrogen-bond donors (Lipinski definition) is 0. The Hall–Kier alpha value is -7.63. The zero-order chi connectivity index (χ0) is 37.0. The van der Waals surface area contributed by atoms with Gasteiger partial charge in [-0.2, -0.15) is 5.10 Å². The first-order valence-corrected chi connectivity index (χ1v) is 18.8. The van der Waals surface area contributed by atoms with Crippen LogP contribution in [0.2, 0.25) is 0 Å². The fraction of sp³-hybridized carbons (Fsp3) is 0. The fourth-order valence-corrected chi connectivity index (χ4v) is 8.17. The first-order chi connectivity index (χ1) is 27.8. The summed E-state index contributed by atoms with van der Waals surface area (Å²) in [5, 5.41) is 9.51. The van der Waals surface area contributed by atoms with Crippen LogP contribution in [-0.4, -0.2) is 19.6 Å². The van der Waals surface area contributed by atoms with E-state index in [9.17, 15) is 0 Å². The van der Waals surface area contributed by atoms with Crippen LogP contribution in [0.15, 0.2) is 199 Å². The van der Waals surface area contributed by atoms with Crippen molar-refractivity contribution in [3.63, 3.8) is 0 Å². The SMILES string of the molecule is c1ccc(-c2nc(-c3cccc(-c4c(-c5ccccc5)n5ncc(-c6ccccc6)c5c5ccccc45)c3)cc(-c3cccc4oc5ccccc5c34)n2)cc1. The highest BCUT2D eigenvalue weighted by atomic mass is 16.3. The summed E-state index contributed by atoms with van der Waals surface area (Å²) in [6.45, 7) is 0. The van der Waals surface area contributed by atoms with E-state index < -0.39 is 0 Å². The second-order valence-electron chi connectivity index (χ2n) is 14.0. The molecule has 0 radical (unpaired) electrons. The molecule has 0 bridgehead atoms. The molecule has 0 aliphatic heterocycles. The number of rotatable bonds is 6. The van der Waals surface area contributed by atoms with Crippen LogP contribution in [0.1, 0.15) is 0 Å². The predicted octanol–water partition coefficient (Wildman–Crippen LogP) is 13.2. The zero-order valence-corrected chi connectivity index (χ0v) is 30.2. The maximum absolute atomic E-state index is 6.30. The lowest BCUT2D eigenvalue weighted by Crippen LogP contribution is -2.00. The van der Waals surface area contributed by atoms with Gasteiger partial charge in [0.15, 0.2) is 5.82 Å². The molecule has 4 aromatic heterocycles. The largest absolute Gasteiger partial charge is 0.456 e. The Morgan fingerprint density at radius 2 is 1.00 bits per heavy atom. The number of aromatic nitrogens is 4. The molecule has 0 aliphatic rings. The third-order valence-electron chi connectivity index (χ3n) is 10.7. The standard InChI is InChI=1S/C51H32N4O/c1-4-16-33(17-5-1)42-32-52-55-49(34-18-6-2-7-19-34)47(38-24-10-11-25-39(38)50(42)55)37-23-14-22-36(30-37)43-31-44(54-51(53-43)35-20-8-3-9-21-35)40-27-15-29-46-48(40)41-26-12-13-28-45(41)56-46/h1-32H. The molecule has 0 atom stereocenters. The molecule has 0 unspecified atom stereocenters. The van der Waals surface area contributed by atoms with E-state index in [-0.39, 0.29) is 0 Å². The summed E-state index contributed by atoms with van der Waals surface area (Å²) in [5.74, 6) is 0.662. The number of fused-ring (bicyclic) bond motifs is 6. The fourth-order valence-electron chi connectivity index (χ4n) is 8.17. The van der Waals surface area contributed by atoms with Gasteiger partial charge < -0.3 is 4.42 Å². The van der Waals surface area contributed by atoms with Crippen molar-refractivity contribution in [3.05, 3.63) is 194 Å². The van der Waals surface area contributed by atoms with Gasteiger partial charge >= 0.3 is 0 Å². The minimum atomic E-state index is 0.662. The van der Waals surface area contributed by atoms with E-state index in [0.29, 0.717) is 5.82 Å². The average Bonchev–Trinajstić information content (AvgIpc) is 3.89. The Kier molecular flexibility index (Phi) is 7.42. The third-order valence-corrected chi connectivity index (χ3v) is 10.7. The lowest BCUT2D eigenvalue weighted by Gasteiger charge is -2.18. The Bertz CT molecular complexity index is 3240. The van der Waals surface area contributed by atoms with Crippen molar-refractivity contribution in [3.8, 4) is 67.4 Å². The smallest absolute Gasteiger partial charge is 0.160 e. The number of furan rings is 1. The Morgan fingerprint density at radius 1 is 0.411 bits per heavy atom. The van der Waals surface area contributed by atoms with E-state index in [0.717, 1.165) is 99.8 Å². The minimum Gasteiger partial charge on any atom is -0.456 e. The van der Waals surface area contributed by atoms with Crippen LogP contribution in [0.3, 0.4) is 0 Å². The monoisotopic (exact) mass is 716 g/mol. The van der Waals surface area contributed by atoms with Crippen molar-refractivity contribution >= 4 is 38.2 Å². The van der Waals surface area contributed by atoms with Gasteiger partial charge in [0.2, 0.25) is 0 Å². The highest BCUT2D eigenvalue weighted by Crippen LogP contribution is 2.44. The molecule has 0 fully saturated rings. The molecule has 7 aromatic carbocycles. The summed E-state index contributed by atoms with van der Waals surface area (Å²) >= 11 is 0. The van der Waals surface area contributed by atoms with Crippen molar-refractivity contribution in [2.45, 2.75) is 0 Å². The summed E-state index contributed by atoms with van der Waals surface area (Å²) in [6.07, 6.45) is 2.00. The molecule has 4 heterocycles. The van der Waals surface area contributed by atoms with E-state index in [1.165, 1.54) is 0 Å². The van der Waals surface area contributed by atoms with E-state index in [1.54, 1.807) is 0 Å². The van der Waals surface area contributed by atoms with Crippen LogP contribution in [0, 0.1) is 0 Å². The van der Waals surface area contributed by atoms with Gasteiger partial charge in [0, 0.05) is 49.5 Å². The Balaban J connectivity index is 1.17. The minimum absolute atomic E-state index is 0.662. The lowest BCUT2D eigenvalue weighted by atomic mass is 9.91. The molecular formula is C51H32N4O. The molecule has 0 saturated heterocycles. The van der Waals surface area contributed by atoms with Crippen LogP contribution >= 0.6 is 0 Å². The summed E-state index contributed by atoms with van der Waals surface area (Å²) in [4.78, 5) is 10.5. The molecule has 0 N–H and O–H groups in total. The van der Waals surface area contributed by atoms with Gasteiger partial charge in [0.25, 0.3) is 0 Å². The molecule has 5 nitrogen and oxygen atoms in total. The molecule has 56 heavy (non-hydrogen) atoms. The van der Waals surface area contributed by atoms with E-state index in [1.807, 2.05) is 48.7 Å². The van der Waals surface area contributed by atoms with Crippen LogP contribution in [0.5, 0.6) is 0 Å². The topological polar surface area (TPSA) is 56.2 Å². The molecule has 5 heteroatoms. The summed E-state index contributed by atoms with van der Waals surface area (Å²) < 4.78 is 8.43. The van der Waals surface area contributed by atoms with Gasteiger partial charge in [0.1, 0.15) is 11.2 Å². The highest BCUT2D eigenvalue weighted by molar-refractivity contribution is 6.14. The van der Waals surface area contributed by atoms with Crippen LogP contribution in [0.4, 0.5) is 0 Å². The van der Waals surface area contributed by atoms with Crippen LogP contribution in [0.25, 0.3) is 106 Å². The molecule has 0 spiro atoms. The molecule has 11 aromatic rings. The number of pyridine rings is 1. The Labute approximate surface area is 322 Å². The van der Waals surface area contributed by atoms with Crippen molar-refractivity contribution in [2.24, 2.45) is 0 Å². The molecule has 0 aliphatic carbocycles. The first-order valence-electron chi connectivity index (χ1n) is 18.8. The zero-order valence-electron chi connectivity index (χ0n) is 30.2.